The van der Waals surface area contributed by atoms with Crippen LogP contribution in [0.15, 0.2) is 78.4 Å². The molecule has 9 atom stereocenters. The molecule has 1 aliphatic heterocycles. The Morgan fingerprint density at radius 3 is 2.50 bits per heavy atom. The van der Waals surface area contributed by atoms with Crippen molar-refractivity contribution in [3.8, 4) is 0 Å². The molecule has 1 heterocycles. The van der Waals surface area contributed by atoms with Gasteiger partial charge in [0.2, 0.25) is 0 Å². The first-order valence-corrected chi connectivity index (χ1v) is 15.1. The van der Waals surface area contributed by atoms with Crippen molar-refractivity contribution in [2.24, 2.45) is 34.5 Å². The quantitative estimate of drug-likeness (QED) is 0.537. The third-order valence-corrected chi connectivity index (χ3v) is 11.5. The number of nitrogens with zero attached hydrogens (tertiary/aromatic N) is 1. The highest BCUT2D eigenvalue weighted by Gasteiger charge is 2.75. The molecule has 2 N–H and O–H groups in total. The summed E-state index contributed by atoms with van der Waals surface area (Å²) in [6.07, 6.45) is 4.52. The number of anilines is 1. The smallest absolute Gasteiger partial charge is 0.193 e. The average Bonchev–Trinajstić information content (AvgIpc) is 3.47. The van der Waals surface area contributed by atoms with Crippen molar-refractivity contribution in [2.45, 2.75) is 57.4 Å². The highest BCUT2D eigenvalue weighted by Crippen LogP contribution is 2.70. The highest BCUT2D eigenvalue weighted by atomic mass is 19.1. The fourth-order valence-corrected chi connectivity index (χ4v) is 9.76. The summed E-state index contributed by atoms with van der Waals surface area (Å²) in [5, 5.41) is 23.8. The second kappa shape index (κ2) is 9.69. The molecule has 0 amide bonds. The molecule has 5 aliphatic rings. The maximum atomic E-state index is 15.8. The molecule has 4 fully saturated rings. The first-order valence-electron chi connectivity index (χ1n) is 15.1. The van der Waals surface area contributed by atoms with Crippen molar-refractivity contribution in [1.29, 1.82) is 0 Å². The van der Waals surface area contributed by atoms with Gasteiger partial charge in [-0.15, -0.1) is 0 Å². The number of ketones is 2. The topological polar surface area (TPSA) is 87.1 Å². The number of aliphatic hydroxyl groups excluding tert-OH is 2. The average molecular weight is 572 g/mol. The predicted molar refractivity (Wildman–Crippen MR) is 156 cm³/mol. The lowest BCUT2D eigenvalue weighted by molar-refractivity contribution is -0.191. The van der Waals surface area contributed by atoms with E-state index in [4.69, 9.17) is 4.84 Å². The van der Waals surface area contributed by atoms with E-state index in [-0.39, 0.29) is 41.7 Å². The largest absolute Gasteiger partial charge is 0.393 e. The number of hydroxylamine groups is 1. The zero-order valence-corrected chi connectivity index (χ0v) is 24.1. The summed E-state index contributed by atoms with van der Waals surface area (Å²) in [4.78, 5) is 32.6. The summed E-state index contributed by atoms with van der Waals surface area (Å²) in [5.74, 6) is -1.36. The molecule has 220 valence electrons. The lowest BCUT2D eigenvalue weighted by Crippen LogP contribution is -2.64. The van der Waals surface area contributed by atoms with Crippen molar-refractivity contribution in [1.82, 2.24) is 0 Å². The van der Waals surface area contributed by atoms with Gasteiger partial charge in [-0.05, 0) is 78.5 Å². The van der Waals surface area contributed by atoms with E-state index < -0.39 is 35.3 Å². The monoisotopic (exact) mass is 571 g/mol. The van der Waals surface area contributed by atoms with Crippen molar-refractivity contribution >= 4 is 17.3 Å². The van der Waals surface area contributed by atoms with Crippen LogP contribution in [0.1, 0.15) is 44.2 Å². The lowest BCUT2D eigenvalue weighted by atomic mass is 9.46. The minimum atomic E-state index is -1.32. The van der Waals surface area contributed by atoms with Crippen LogP contribution < -0.4 is 5.06 Å². The van der Waals surface area contributed by atoms with Gasteiger partial charge >= 0.3 is 0 Å². The van der Waals surface area contributed by atoms with Gasteiger partial charge in [-0.2, -0.15) is 0 Å². The minimum absolute atomic E-state index is 0.0792. The lowest BCUT2D eigenvalue weighted by Gasteiger charge is -2.60. The van der Waals surface area contributed by atoms with E-state index in [2.05, 4.69) is 24.3 Å². The van der Waals surface area contributed by atoms with Gasteiger partial charge < -0.3 is 10.2 Å². The normalized spacial score (nSPS) is 40.2. The minimum Gasteiger partial charge on any atom is -0.393 e. The van der Waals surface area contributed by atoms with E-state index >= 15 is 4.39 Å². The third-order valence-electron chi connectivity index (χ3n) is 11.5. The van der Waals surface area contributed by atoms with Crippen LogP contribution >= 0.6 is 0 Å². The van der Waals surface area contributed by atoms with Gasteiger partial charge in [0.25, 0.3) is 0 Å². The van der Waals surface area contributed by atoms with Crippen LogP contribution in [0.2, 0.25) is 0 Å². The predicted octanol–water partition coefficient (Wildman–Crippen LogP) is 4.78. The van der Waals surface area contributed by atoms with Crippen LogP contribution in [0.3, 0.4) is 0 Å². The molecule has 7 rings (SSSR count). The third kappa shape index (κ3) is 3.79. The van der Waals surface area contributed by atoms with Gasteiger partial charge in [0.05, 0.1) is 18.3 Å². The Bertz CT molecular complexity index is 1470. The number of fused-ring (bicyclic) bond motifs is 7. The number of carbonyl (C=O) groups excluding carboxylic acids is 2. The highest BCUT2D eigenvalue weighted by molar-refractivity contribution is 6.01. The van der Waals surface area contributed by atoms with Gasteiger partial charge in [-0.3, -0.25) is 19.5 Å². The molecule has 2 aromatic carbocycles. The van der Waals surface area contributed by atoms with E-state index in [0.29, 0.717) is 25.0 Å². The Morgan fingerprint density at radius 1 is 1.07 bits per heavy atom. The van der Waals surface area contributed by atoms with Crippen LogP contribution in [0.25, 0.3) is 0 Å². The Morgan fingerprint density at radius 2 is 1.79 bits per heavy atom. The summed E-state index contributed by atoms with van der Waals surface area (Å²) in [6, 6.07) is 18.4. The van der Waals surface area contributed by atoms with Crippen molar-refractivity contribution in [3.05, 3.63) is 89.5 Å². The van der Waals surface area contributed by atoms with Crippen LogP contribution in [0.5, 0.6) is 0 Å². The number of benzene rings is 2. The number of carbonyl (C=O) groups is 2. The van der Waals surface area contributed by atoms with Crippen LogP contribution in [0.4, 0.5) is 10.1 Å². The first-order chi connectivity index (χ1) is 20.1. The van der Waals surface area contributed by atoms with Gasteiger partial charge in [0.15, 0.2) is 17.2 Å². The molecule has 7 heteroatoms. The summed E-state index contributed by atoms with van der Waals surface area (Å²) < 4.78 is 15.8. The zero-order valence-electron chi connectivity index (χ0n) is 24.1. The number of Topliss-reactive ketones (excluding diaryl/α,β-unsaturated/α-hetero) is 1. The number of halogens is 1. The van der Waals surface area contributed by atoms with Gasteiger partial charge in [0, 0.05) is 22.7 Å². The van der Waals surface area contributed by atoms with Gasteiger partial charge in [-0.25, -0.2) is 4.39 Å². The number of hydrogen-bond acceptors (Lipinski definition) is 6. The van der Waals surface area contributed by atoms with E-state index in [9.17, 15) is 19.8 Å². The molecule has 2 aromatic rings. The first kappa shape index (κ1) is 27.7. The Hall–Kier alpha value is -3.13. The van der Waals surface area contributed by atoms with Crippen LogP contribution in [-0.4, -0.2) is 52.8 Å². The number of rotatable bonds is 5. The van der Waals surface area contributed by atoms with E-state index in [1.165, 1.54) is 17.7 Å². The van der Waals surface area contributed by atoms with Crippen molar-refractivity contribution < 1.29 is 29.0 Å². The Labute approximate surface area is 245 Å². The van der Waals surface area contributed by atoms with Gasteiger partial charge in [0.1, 0.15) is 12.8 Å². The molecule has 1 saturated heterocycles. The van der Waals surface area contributed by atoms with Gasteiger partial charge in [-0.1, -0.05) is 62.4 Å². The SMILES string of the molecule is CC12C=CC(=O)C=C1C(F)CC1C2C(O)CC2(C)C1CC1CN(c3ccc(Cc4ccccc4)cc3)OC12C(=O)CO. The second-order valence-corrected chi connectivity index (χ2v) is 13.5. The van der Waals surface area contributed by atoms with Crippen molar-refractivity contribution in [2.75, 3.05) is 18.2 Å². The molecular weight excluding hydrogens is 533 g/mol. The fraction of sp³-hybridized carbons (Fsp3) is 0.486. The molecule has 0 radical (unpaired) electrons. The second-order valence-electron chi connectivity index (χ2n) is 13.5. The Balaban J connectivity index is 1.20. The maximum Gasteiger partial charge on any atom is 0.193 e. The van der Waals surface area contributed by atoms with Crippen LogP contribution in [0, 0.1) is 34.5 Å². The zero-order chi connectivity index (χ0) is 29.4. The maximum absolute atomic E-state index is 15.8. The number of hydrogen-bond donors (Lipinski definition) is 2. The van der Waals surface area contributed by atoms with Crippen LogP contribution in [-0.2, 0) is 20.8 Å². The van der Waals surface area contributed by atoms with Crippen molar-refractivity contribution in [3.63, 3.8) is 0 Å². The number of alkyl halides is 1. The molecule has 42 heavy (non-hydrogen) atoms. The number of aliphatic hydroxyl groups is 2. The summed E-state index contributed by atoms with van der Waals surface area (Å²) in [6.45, 7) is 3.74. The molecule has 9 unspecified atom stereocenters. The molecule has 0 spiro atoms. The molecule has 3 saturated carbocycles. The standard InChI is InChI=1S/C35H38FNO5/c1-33-13-12-25(39)16-28(33)29(36)17-26-27-15-23-19-37(24-10-8-22(9-11-24)14-21-6-4-3-5-7-21)42-35(23,31(41)20-38)34(27,2)18-30(40)32(26)33/h3-13,16,23,26-27,29-30,32,38,40H,14-15,17-20H2,1-2H3. The molecular formula is C35H38FNO5. The van der Waals surface area contributed by atoms with E-state index in [1.807, 2.05) is 44.2 Å². The molecule has 6 nitrogen and oxygen atoms in total. The fourth-order valence-electron chi connectivity index (χ4n) is 9.76. The summed E-state index contributed by atoms with van der Waals surface area (Å²) in [5.41, 5.74) is 0.795. The van der Waals surface area contributed by atoms with E-state index in [0.717, 1.165) is 17.7 Å². The molecule has 0 aromatic heterocycles. The van der Waals surface area contributed by atoms with E-state index in [1.54, 1.807) is 11.1 Å². The summed E-state index contributed by atoms with van der Waals surface area (Å²) in [7, 11) is 0. The summed E-state index contributed by atoms with van der Waals surface area (Å²) >= 11 is 0. The molecule has 0 bridgehead atoms. The Kier molecular flexibility index (Phi) is 6.39. The molecule has 4 aliphatic carbocycles. The number of allylic oxidation sites excluding steroid dienone is 4.